The minimum atomic E-state index is -0.797. The first-order chi connectivity index (χ1) is 17.9. The predicted octanol–water partition coefficient (Wildman–Crippen LogP) is 3.42. The molecule has 37 heavy (non-hydrogen) atoms. The van der Waals surface area contributed by atoms with E-state index in [-0.39, 0.29) is 24.2 Å². The molecule has 1 aliphatic rings. The van der Waals surface area contributed by atoms with Gasteiger partial charge in [-0.05, 0) is 67.5 Å². The number of amides is 2. The Bertz CT molecular complexity index is 1080. The summed E-state index contributed by atoms with van der Waals surface area (Å²) in [6.45, 7) is 3.83. The maximum atomic E-state index is 12.7. The van der Waals surface area contributed by atoms with Crippen LogP contribution in [0.1, 0.15) is 49.3 Å². The number of esters is 1. The Kier molecular flexibility index (Phi) is 10.5. The minimum absolute atomic E-state index is 0.130. The Balaban J connectivity index is 1.42. The Labute approximate surface area is 218 Å². The number of nitrogens with zero attached hydrogens (tertiary/aromatic N) is 2. The van der Waals surface area contributed by atoms with Crippen molar-refractivity contribution in [1.82, 2.24) is 10.2 Å². The van der Waals surface area contributed by atoms with Crippen molar-refractivity contribution in [2.75, 3.05) is 26.8 Å². The minimum Gasteiger partial charge on any atom is -0.494 e. The second-order valence-electron chi connectivity index (χ2n) is 9.26. The summed E-state index contributed by atoms with van der Waals surface area (Å²) < 4.78 is 10.3. The van der Waals surface area contributed by atoms with Gasteiger partial charge in [-0.15, -0.1) is 0 Å². The largest absolute Gasteiger partial charge is 0.494 e. The van der Waals surface area contributed by atoms with Crippen molar-refractivity contribution in [3.63, 3.8) is 0 Å². The molecule has 8 nitrogen and oxygen atoms in total. The Morgan fingerprint density at radius 2 is 1.70 bits per heavy atom. The molecule has 0 aromatic heterocycles. The molecule has 1 fully saturated rings. The molecule has 0 spiro atoms. The van der Waals surface area contributed by atoms with E-state index in [0.29, 0.717) is 44.5 Å². The summed E-state index contributed by atoms with van der Waals surface area (Å²) in [5.41, 5.74) is 2.46. The van der Waals surface area contributed by atoms with Crippen molar-refractivity contribution in [3.8, 4) is 11.8 Å². The number of nitriles is 1. The fraction of sp³-hybridized carbons (Fsp3) is 0.448. The van der Waals surface area contributed by atoms with E-state index in [0.717, 1.165) is 29.7 Å². The average Bonchev–Trinajstić information content (AvgIpc) is 2.92. The molecule has 1 aliphatic heterocycles. The molecule has 2 amide bonds. The third-order valence-corrected chi connectivity index (χ3v) is 6.65. The van der Waals surface area contributed by atoms with Gasteiger partial charge in [0.2, 0.25) is 11.8 Å². The molecule has 1 saturated heterocycles. The maximum absolute atomic E-state index is 12.7. The van der Waals surface area contributed by atoms with Gasteiger partial charge in [0.1, 0.15) is 11.8 Å². The van der Waals surface area contributed by atoms with Gasteiger partial charge in [-0.25, -0.2) is 4.79 Å². The van der Waals surface area contributed by atoms with Gasteiger partial charge in [0.05, 0.1) is 25.3 Å². The molecule has 196 valence electrons. The van der Waals surface area contributed by atoms with Crippen molar-refractivity contribution < 1.29 is 23.9 Å². The quantitative estimate of drug-likeness (QED) is 0.469. The number of likely N-dealkylation sites (tertiary alicyclic amines) is 1. The van der Waals surface area contributed by atoms with Crippen molar-refractivity contribution in [2.24, 2.45) is 5.92 Å². The fourth-order valence-corrected chi connectivity index (χ4v) is 4.52. The molecular formula is C29H35N3O5. The summed E-state index contributed by atoms with van der Waals surface area (Å²) in [4.78, 5) is 39.5. The van der Waals surface area contributed by atoms with Crippen LogP contribution < -0.4 is 10.1 Å². The first-order valence-electron chi connectivity index (χ1n) is 12.8. The Hall–Kier alpha value is -3.86. The highest BCUT2D eigenvalue weighted by molar-refractivity contribution is 5.84. The highest BCUT2D eigenvalue weighted by atomic mass is 16.5. The van der Waals surface area contributed by atoms with Gasteiger partial charge in [0, 0.05) is 32.4 Å². The van der Waals surface area contributed by atoms with E-state index in [2.05, 4.69) is 11.4 Å². The lowest BCUT2D eigenvalue weighted by Gasteiger charge is -2.32. The van der Waals surface area contributed by atoms with Gasteiger partial charge >= 0.3 is 5.97 Å². The van der Waals surface area contributed by atoms with E-state index >= 15 is 0 Å². The van der Waals surface area contributed by atoms with Crippen LogP contribution >= 0.6 is 0 Å². The molecule has 8 heteroatoms. The summed E-state index contributed by atoms with van der Waals surface area (Å²) in [7, 11) is 1.29. The summed E-state index contributed by atoms with van der Waals surface area (Å²) in [5.74, 6) is 0.402. The summed E-state index contributed by atoms with van der Waals surface area (Å²) >= 11 is 0. The first-order valence-corrected chi connectivity index (χ1v) is 12.8. The van der Waals surface area contributed by atoms with Crippen LogP contribution in [0.2, 0.25) is 0 Å². The zero-order valence-electron chi connectivity index (χ0n) is 21.6. The van der Waals surface area contributed by atoms with Gasteiger partial charge in [0.25, 0.3) is 0 Å². The van der Waals surface area contributed by atoms with Crippen molar-refractivity contribution in [1.29, 1.82) is 5.26 Å². The number of hydrogen-bond acceptors (Lipinski definition) is 6. The van der Waals surface area contributed by atoms with Gasteiger partial charge in [-0.2, -0.15) is 5.26 Å². The molecule has 1 N–H and O–H groups in total. The zero-order valence-corrected chi connectivity index (χ0v) is 21.6. The Morgan fingerprint density at radius 3 is 2.30 bits per heavy atom. The monoisotopic (exact) mass is 505 g/mol. The molecule has 0 radical (unpaired) electrons. The zero-order chi connectivity index (χ0) is 26.6. The van der Waals surface area contributed by atoms with Gasteiger partial charge in [-0.1, -0.05) is 24.3 Å². The first kappa shape index (κ1) is 27.7. The molecule has 1 atom stereocenters. The third kappa shape index (κ3) is 8.64. The van der Waals surface area contributed by atoms with Crippen LogP contribution in [-0.4, -0.2) is 55.5 Å². The number of benzene rings is 2. The van der Waals surface area contributed by atoms with Crippen LogP contribution in [0.25, 0.3) is 0 Å². The number of carbonyl (C=O) groups excluding carboxylic acids is 3. The lowest BCUT2D eigenvalue weighted by atomic mass is 9.92. The average molecular weight is 506 g/mol. The van der Waals surface area contributed by atoms with Crippen LogP contribution in [0.4, 0.5) is 0 Å². The van der Waals surface area contributed by atoms with E-state index in [4.69, 9.17) is 14.7 Å². The van der Waals surface area contributed by atoms with E-state index in [1.54, 1.807) is 24.3 Å². The predicted molar refractivity (Wildman–Crippen MR) is 139 cm³/mol. The van der Waals surface area contributed by atoms with E-state index in [1.165, 1.54) is 7.11 Å². The molecular weight excluding hydrogens is 470 g/mol. The number of ether oxygens (including phenoxy) is 2. The maximum Gasteiger partial charge on any atom is 0.328 e. The van der Waals surface area contributed by atoms with Gasteiger partial charge in [-0.3, -0.25) is 9.59 Å². The van der Waals surface area contributed by atoms with Crippen LogP contribution in [-0.2, 0) is 32.0 Å². The van der Waals surface area contributed by atoms with E-state index < -0.39 is 12.0 Å². The molecule has 2 aromatic rings. The second-order valence-corrected chi connectivity index (χ2v) is 9.26. The number of piperidine rings is 1. The summed E-state index contributed by atoms with van der Waals surface area (Å²) in [5, 5.41) is 11.8. The van der Waals surface area contributed by atoms with E-state index in [1.807, 2.05) is 36.1 Å². The number of rotatable bonds is 11. The van der Waals surface area contributed by atoms with Gasteiger partial charge < -0.3 is 19.7 Å². The summed E-state index contributed by atoms with van der Waals surface area (Å²) in [6, 6.07) is 16.0. The molecule has 0 aliphatic carbocycles. The normalized spacial score (nSPS) is 14.4. The van der Waals surface area contributed by atoms with Crippen LogP contribution in [0.15, 0.2) is 48.5 Å². The highest BCUT2D eigenvalue weighted by Gasteiger charge is 2.27. The number of hydrogen-bond donors (Lipinski definition) is 1. The number of nitrogens with one attached hydrogen (secondary N) is 1. The lowest BCUT2D eigenvalue weighted by molar-refractivity contribution is -0.145. The third-order valence-electron chi connectivity index (χ3n) is 6.65. The number of methoxy groups -OCH3 is 1. The standard InChI is InChI=1S/C29H35N3O5/c1-3-37-25-11-8-21(9-12-25)10-13-28(34)32-16-14-23(15-17-32)19-27(33)31-26(29(35)36-2)18-22-4-6-24(20-30)7-5-22/h4-9,11-12,23,26H,3,10,13-19H2,1-2H3,(H,31,33). The molecule has 0 bridgehead atoms. The SMILES string of the molecule is CCOc1ccc(CCC(=O)N2CCC(CC(=O)NC(Cc3ccc(C#N)cc3)C(=O)OC)CC2)cc1. The van der Waals surface area contributed by atoms with Crippen LogP contribution in [0, 0.1) is 17.2 Å². The molecule has 1 unspecified atom stereocenters. The highest BCUT2D eigenvalue weighted by Crippen LogP contribution is 2.22. The van der Waals surface area contributed by atoms with Crippen molar-refractivity contribution in [2.45, 2.75) is 51.5 Å². The van der Waals surface area contributed by atoms with Crippen molar-refractivity contribution >= 4 is 17.8 Å². The number of carbonyl (C=O) groups is 3. The van der Waals surface area contributed by atoms with E-state index in [9.17, 15) is 14.4 Å². The lowest BCUT2D eigenvalue weighted by Crippen LogP contribution is -2.44. The molecule has 2 aromatic carbocycles. The Morgan fingerprint density at radius 1 is 1.05 bits per heavy atom. The van der Waals surface area contributed by atoms with Gasteiger partial charge in [0.15, 0.2) is 0 Å². The topological polar surface area (TPSA) is 109 Å². The fourth-order valence-electron chi connectivity index (χ4n) is 4.52. The second kappa shape index (κ2) is 14.0. The molecule has 1 heterocycles. The number of aryl methyl sites for hydroxylation is 1. The molecule has 0 saturated carbocycles. The molecule has 3 rings (SSSR count). The van der Waals surface area contributed by atoms with Crippen LogP contribution in [0.3, 0.4) is 0 Å². The van der Waals surface area contributed by atoms with Crippen LogP contribution in [0.5, 0.6) is 5.75 Å². The summed E-state index contributed by atoms with van der Waals surface area (Å²) in [6.07, 6.45) is 3.22. The van der Waals surface area contributed by atoms with Crippen molar-refractivity contribution in [3.05, 3.63) is 65.2 Å². The smallest absolute Gasteiger partial charge is 0.328 e.